The molecule has 31 heavy (non-hydrogen) atoms. The minimum Gasteiger partial charge on any atom is -0.356 e. The second-order valence-corrected chi connectivity index (χ2v) is 10.0. The van der Waals surface area contributed by atoms with E-state index >= 15 is 0 Å². The molecule has 0 saturated carbocycles. The van der Waals surface area contributed by atoms with Gasteiger partial charge in [0.2, 0.25) is 11.8 Å². The molecule has 0 radical (unpaired) electrons. The number of rotatable bonds is 1. The normalized spacial score (nSPS) is 21.5. The number of nitrogens with one attached hydrogen (secondary N) is 1. The fourth-order valence-electron chi connectivity index (χ4n) is 4.91. The third kappa shape index (κ3) is 3.06. The average Bonchev–Trinajstić information content (AvgIpc) is 3.07. The van der Waals surface area contributed by atoms with Crippen molar-refractivity contribution in [1.82, 2.24) is 14.8 Å². The van der Waals surface area contributed by atoms with Gasteiger partial charge in [-0.3, -0.25) is 9.59 Å². The summed E-state index contributed by atoms with van der Waals surface area (Å²) >= 11 is 13.2. The molecule has 3 aromatic rings. The molecule has 7 heteroatoms. The zero-order valence-corrected chi connectivity index (χ0v) is 19.1. The molecule has 0 bridgehead atoms. The molecule has 5 rings (SSSR count). The smallest absolute Gasteiger partial charge is 0.246 e. The van der Waals surface area contributed by atoms with E-state index in [2.05, 4.69) is 4.98 Å². The molecule has 1 N–H and O–H groups in total. The molecular formula is C24H23Cl2N3O2. The van der Waals surface area contributed by atoms with Gasteiger partial charge in [-0.15, -0.1) is 0 Å². The topological polar surface area (TPSA) is 56.4 Å². The summed E-state index contributed by atoms with van der Waals surface area (Å²) in [7, 11) is 0. The van der Waals surface area contributed by atoms with Gasteiger partial charge in [-0.1, -0.05) is 47.5 Å². The number of H-pyrrole nitrogens is 1. The van der Waals surface area contributed by atoms with E-state index < -0.39 is 17.6 Å². The van der Waals surface area contributed by atoms with Crippen LogP contribution in [0.5, 0.6) is 0 Å². The lowest BCUT2D eigenvalue weighted by molar-refractivity contribution is -0.163. The molecule has 0 unspecified atom stereocenters. The van der Waals surface area contributed by atoms with Crippen LogP contribution in [0, 0.1) is 0 Å². The molecule has 2 aliphatic heterocycles. The number of benzene rings is 2. The lowest BCUT2D eigenvalue weighted by Crippen LogP contribution is -2.66. The van der Waals surface area contributed by atoms with Crippen molar-refractivity contribution in [2.45, 2.75) is 44.8 Å². The van der Waals surface area contributed by atoms with Crippen LogP contribution in [0.25, 0.3) is 10.9 Å². The summed E-state index contributed by atoms with van der Waals surface area (Å²) in [6.45, 7) is 5.90. The minimum atomic E-state index is -0.607. The molecule has 2 atom stereocenters. The van der Waals surface area contributed by atoms with Crippen molar-refractivity contribution in [3.8, 4) is 0 Å². The Bertz CT molecular complexity index is 1210. The Morgan fingerprint density at radius 1 is 1.00 bits per heavy atom. The first-order chi connectivity index (χ1) is 14.7. The second-order valence-electron chi connectivity index (χ2n) is 9.22. The van der Waals surface area contributed by atoms with Gasteiger partial charge in [0, 0.05) is 44.2 Å². The molecule has 2 amide bonds. The highest BCUT2D eigenvalue weighted by molar-refractivity contribution is 6.36. The summed E-state index contributed by atoms with van der Waals surface area (Å²) < 4.78 is 0. The number of aromatic nitrogens is 1. The number of hydrogen-bond acceptors (Lipinski definition) is 2. The fraction of sp³-hybridized carbons (Fsp3) is 0.333. The van der Waals surface area contributed by atoms with Crippen molar-refractivity contribution in [2.75, 3.05) is 6.54 Å². The van der Waals surface area contributed by atoms with Gasteiger partial charge in [0.25, 0.3) is 0 Å². The maximum Gasteiger partial charge on any atom is 0.246 e. The van der Waals surface area contributed by atoms with Crippen LogP contribution in [-0.2, 0) is 16.0 Å². The fourth-order valence-corrected chi connectivity index (χ4v) is 5.51. The van der Waals surface area contributed by atoms with Gasteiger partial charge in [0.05, 0.1) is 0 Å². The number of amides is 2. The number of halogens is 2. The lowest BCUT2D eigenvalue weighted by atomic mass is 9.85. The average molecular weight is 456 g/mol. The van der Waals surface area contributed by atoms with E-state index in [4.69, 9.17) is 23.2 Å². The maximum absolute atomic E-state index is 13.6. The largest absolute Gasteiger partial charge is 0.356 e. The first-order valence-electron chi connectivity index (χ1n) is 10.3. The third-order valence-corrected chi connectivity index (χ3v) is 7.01. The number of para-hydroxylation sites is 1. The van der Waals surface area contributed by atoms with Crippen LogP contribution >= 0.6 is 23.2 Å². The molecular weight excluding hydrogens is 433 g/mol. The van der Waals surface area contributed by atoms with Gasteiger partial charge < -0.3 is 14.8 Å². The van der Waals surface area contributed by atoms with Crippen LogP contribution in [0.2, 0.25) is 10.0 Å². The summed E-state index contributed by atoms with van der Waals surface area (Å²) in [6.07, 6.45) is 0.453. The molecule has 1 aromatic heterocycles. The molecule has 1 fully saturated rings. The van der Waals surface area contributed by atoms with E-state index in [0.717, 1.165) is 22.2 Å². The monoisotopic (exact) mass is 455 g/mol. The molecule has 1 saturated heterocycles. The van der Waals surface area contributed by atoms with E-state index in [-0.39, 0.29) is 18.4 Å². The summed E-state index contributed by atoms with van der Waals surface area (Å²) in [5, 5.41) is 2.00. The molecule has 5 nitrogen and oxygen atoms in total. The zero-order valence-electron chi connectivity index (χ0n) is 17.6. The van der Waals surface area contributed by atoms with Crippen LogP contribution < -0.4 is 0 Å². The first kappa shape index (κ1) is 20.4. The highest BCUT2D eigenvalue weighted by Gasteiger charge is 2.50. The number of nitrogens with zero attached hydrogens (tertiary/aromatic N) is 2. The lowest BCUT2D eigenvalue weighted by Gasteiger charge is -2.50. The quantitative estimate of drug-likeness (QED) is 0.563. The van der Waals surface area contributed by atoms with Crippen LogP contribution in [0.1, 0.15) is 43.6 Å². The van der Waals surface area contributed by atoms with Gasteiger partial charge in [0.15, 0.2) is 0 Å². The first-order valence-corrected chi connectivity index (χ1v) is 11.1. The van der Waals surface area contributed by atoms with Crippen molar-refractivity contribution in [3.63, 3.8) is 0 Å². The SMILES string of the molecule is CC(C)(C)N1CC(=O)N2[C@@H](c3c(Cl)cccc3Cl)c3[nH]c4ccccc4c3C[C@H]2C1=O. The summed E-state index contributed by atoms with van der Waals surface area (Å²) in [6, 6.07) is 12.2. The zero-order chi connectivity index (χ0) is 22.1. The Kier molecular flexibility index (Phi) is 4.61. The Morgan fingerprint density at radius 2 is 1.68 bits per heavy atom. The Labute approximate surface area is 190 Å². The van der Waals surface area contributed by atoms with E-state index in [1.54, 1.807) is 28.0 Å². The van der Waals surface area contributed by atoms with Gasteiger partial charge in [0.1, 0.15) is 18.6 Å². The van der Waals surface area contributed by atoms with Crippen LogP contribution in [0.15, 0.2) is 42.5 Å². The number of hydrogen-bond donors (Lipinski definition) is 1. The van der Waals surface area contributed by atoms with Crippen molar-refractivity contribution in [1.29, 1.82) is 0 Å². The molecule has 2 aliphatic rings. The summed E-state index contributed by atoms with van der Waals surface area (Å²) in [4.78, 5) is 34.0. The van der Waals surface area contributed by atoms with Crippen molar-refractivity contribution < 1.29 is 9.59 Å². The van der Waals surface area contributed by atoms with Gasteiger partial charge in [-0.25, -0.2) is 0 Å². The van der Waals surface area contributed by atoms with Crippen LogP contribution in [0.4, 0.5) is 0 Å². The van der Waals surface area contributed by atoms with E-state index in [1.165, 1.54) is 0 Å². The molecule has 2 aromatic carbocycles. The summed E-state index contributed by atoms with van der Waals surface area (Å²) in [5.74, 6) is -0.152. The van der Waals surface area contributed by atoms with Gasteiger partial charge in [-0.05, 0) is 44.5 Å². The van der Waals surface area contributed by atoms with E-state index in [0.29, 0.717) is 22.0 Å². The number of carbonyl (C=O) groups excluding carboxylic acids is 2. The number of carbonyl (C=O) groups is 2. The standard InChI is InChI=1S/C24H23Cl2N3O2/c1-24(2,3)28-12-19(30)29-18(23(28)31)11-14-13-7-4-5-10-17(13)27-21(14)22(29)20-15(25)8-6-9-16(20)26/h4-10,18,22,27H,11-12H2,1-3H3/t18-,22-/m0/s1. The number of fused-ring (bicyclic) bond motifs is 4. The van der Waals surface area contributed by atoms with Crippen molar-refractivity contribution in [3.05, 3.63) is 69.3 Å². The van der Waals surface area contributed by atoms with E-state index in [1.807, 2.05) is 45.0 Å². The van der Waals surface area contributed by atoms with Gasteiger partial charge in [-0.2, -0.15) is 0 Å². The number of aromatic amines is 1. The molecule has 160 valence electrons. The Balaban J connectivity index is 1.77. The predicted molar refractivity (Wildman–Crippen MR) is 122 cm³/mol. The van der Waals surface area contributed by atoms with Crippen LogP contribution in [0.3, 0.4) is 0 Å². The maximum atomic E-state index is 13.6. The van der Waals surface area contributed by atoms with Crippen LogP contribution in [-0.4, -0.2) is 44.7 Å². The molecule has 0 aliphatic carbocycles. The van der Waals surface area contributed by atoms with E-state index in [9.17, 15) is 9.59 Å². The summed E-state index contributed by atoms with van der Waals surface area (Å²) in [5.41, 5.74) is 3.07. The van der Waals surface area contributed by atoms with Crippen molar-refractivity contribution in [2.24, 2.45) is 0 Å². The predicted octanol–water partition coefficient (Wildman–Crippen LogP) is 4.96. The Morgan fingerprint density at radius 3 is 2.35 bits per heavy atom. The minimum absolute atomic E-state index is 0.0347. The van der Waals surface area contributed by atoms with Crippen molar-refractivity contribution >= 4 is 45.9 Å². The Hall–Kier alpha value is -2.50. The highest BCUT2D eigenvalue weighted by atomic mass is 35.5. The third-order valence-electron chi connectivity index (χ3n) is 6.35. The number of piperazine rings is 1. The second kappa shape index (κ2) is 7.01. The van der Waals surface area contributed by atoms with Gasteiger partial charge >= 0.3 is 0 Å². The highest BCUT2D eigenvalue weighted by Crippen LogP contribution is 2.46. The molecule has 0 spiro atoms. The molecule has 3 heterocycles.